The first-order chi connectivity index (χ1) is 18.4. The van der Waals surface area contributed by atoms with Gasteiger partial charge in [0.05, 0.1) is 18.9 Å². The summed E-state index contributed by atoms with van der Waals surface area (Å²) < 4.78 is 16.4. The maximum atomic E-state index is 12.6. The number of alkyl carbamates (subject to hydrolysis) is 1. The van der Waals surface area contributed by atoms with Gasteiger partial charge >= 0.3 is 12.1 Å². The van der Waals surface area contributed by atoms with E-state index >= 15 is 0 Å². The van der Waals surface area contributed by atoms with Crippen LogP contribution >= 0.6 is 0 Å². The Balaban J connectivity index is 1.50. The summed E-state index contributed by atoms with van der Waals surface area (Å²) in [6, 6.07) is 12.1. The Morgan fingerprint density at radius 1 is 1.05 bits per heavy atom. The van der Waals surface area contributed by atoms with E-state index < -0.39 is 12.1 Å². The van der Waals surface area contributed by atoms with Crippen LogP contribution in [0.3, 0.4) is 0 Å². The van der Waals surface area contributed by atoms with Gasteiger partial charge in [-0.3, -0.25) is 0 Å². The summed E-state index contributed by atoms with van der Waals surface area (Å²) >= 11 is 0. The number of benzene rings is 2. The molecule has 38 heavy (non-hydrogen) atoms. The molecule has 2 aromatic carbocycles. The number of anilines is 2. The van der Waals surface area contributed by atoms with E-state index in [2.05, 4.69) is 39.7 Å². The van der Waals surface area contributed by atoms with Gasteiger partial charge in [0.25, 0.3) is 0 Å². The standard InChI is InChI=1S/C28H37N5O5/c1-5-23(13-14-33(6-2)7-3)38-28(35)30-17-20-9-8-10-21(15-20)31-27(34)32-22-11-12-24(25(16-22)36-4)26-18-29-19-37-26/h8-12,15-16,18-19,23H,5-7,13-14,17H2,1-4H3,(H,30,35)(H2,31,32,34)/t23-/m0/s1. The highest BCUT2D eigenvalue weighted by atomic mass is 16.6. The summed E-state index contributed by atoms with van der Waals surface area (Å²) in [5, 5.41) is 8.40. The molecule has 1 atom stereocenters. The Morgan fingerprint density at radius 2 is 1.82 bits per heavy atom. The molecule has 0 aliphatic heterocycles. The number of oxazole rings is 1. The molecule has 204 valence electrons. The highest BCUT2D eigenvalue weighted by Gasteiger charge is 2.14. The zero-order chi connectivity index (χ0) is 27.3. The lowest BCUT2D eigenvalue weighted by molar-refractivity contribution is 0.0825. The van der Waals surface area contributed by atoms with Gasteiger partial charge in [-0.25, -0.2) is 14.6 Å². The molecule has 1 aromatic heterocycles. The Kier molecular flexibility index (Phi) is 11.0. The number of nitrogens with one attached hydrogen (secondary N) is 3. The van der Waals surface area contributed by atoms with Crippen LogP contribution in [0, 0.1) is 0 Å². The first-order valence-electron chi connectivity index (χ1n) is 12.9. The van der Waals surface area contributed by atoms with Crippen molar-refractivity contribution in [2.45, 2.75) is 46.3 Å². The summed E-state index contributed by atoms with van der Waals surface area (Å²) in [6.45, 7) is 9.40. The molecule has 3 rings (SSSR count). The minimum Gasteiger partial charge on any atom is -0.496 e. The third-order valence-electron chi connectivity index (χ3n) is 6.17. The van der Waals surface area contributed by atoms with Crippen molar-refractivity contribution < 1.29 is 23.5 Å². The lowest BCUT2D eigenvalue weighted by Gasteiger charge is -2.22. The molecule has 10 heteroatoms. The number of hydrogen-bond donors (Lipinski definition) is 3. The van der Waals surface area contributed by atoms with Crippen molar-refractivity contribution in [3.63, 3.8) is 0 Å². The molecule has 0 radical (unpaired) electrons. The lowest BCUT2D eigenvalue weighted by Crippen LogP contribution is -2.32. The van der Waals surface area contributed by atoms with Gasteiger partial charge in [0.15, 0.2) is 12.2 Å². The molecular weight excluding hydrogens is 486 g/mol. The van der Waals surface area contributed by atoms with Gasteiger partial charge in [0.1, 0.15) is 11.9 Å². The number of nitrogens with zero attached hydrogens (tertiary/aromatic N) is 2. The van der Waals surface area contributed by atoms with Crippen molar-refractivity contribution >= 4 is 23.5 Å². The Labute approximate surface area is 223 Å². The van der Waals surface area contributed by atoms with Gasteiger partial charge in [-0.15, -0.1) is 0 Å². The van der Waals surface area contributed by atoms with Crippen LogP contribution in [-0.4, -0.2) is 54.9 Å². The van der Waals surface area contributed by atoms with Gasteiger partial charge < -0.3 is 34.7 Å². The molecule has 0 unspecified atom stereocenters. The highest BCUT2D eigenvalue weighted by molar-refractivity contribution is 6.00. The molecule has 0 bridgehead atoms. The smallest absolute Gasteiger partial charge is 0.407 e. The second kappa shape index (κ2) is 14.6. The van der Waals surface area contributed by atoms with Crippen LogP contribution in [0.15, 0.2) is 59.5 Å². The van der Waals surface area contributed by atoms with Gasteiger partial charge in [0, 0.05) is 30.5 Å². The monoisotopic (exact) mass is 523 g/mol. The van der Waals surface area contributed by atoms with Gasteiger partial charge in [-0.05, 0) is 55.8 Å². The average Bonchev–Trinajstić information content (AvgIpc) is 3.46. The number of methoxy groups -OCH3 is 1. The predicted molar refractivity (Wildman–Crippen MR) is 147 cm³/mol. The lowest BCUT2D eigenvalue weighted by atomic mass is 10.1. The fourth-order valence-corrected chi connectivity index (χ4v) is 3.95. The third-order valence-corrected chi connectivity index (χ3v) is 6.17. The molecule has 0 saturated carbocycles. The number of hydrogen-bond acceptors (Lipinski definition) is 7. The van der Waals surface area contributed by atoms with Crippen molar-refractivity contribution in [3.05, 3.63) is 60.6 Å². The molecule has 0 aliphatic rings. The largest absolute Gasteiger partial charge is 0.496 e. The average molecular weight is 524 g/mol. The van der Waals surface area contributed by atoms with Crippen molar-refractivity contribution in [1.82, 2.24) is 15.2 Å². The van der Waals surface area contributed by atoms with E-state index in [1.54, 1.807) is 43.6 Å². The number of ether oxygens (including phenoxy) is 2. The zero-order valence-electron chi connectivity index (χ0n) is 22.5. The van der Waals surface area contributed by atoms with Gasteiger partial charge in [-0.1, -0.05) is 32.9 Å². The van der Waals surface area contributed by atoms with E-state index in [4.69, 9.17) is 13.9 Å². The summed E-state index contributed by atoms with van der Waals surface area (Å²) in [7, 11) is 1.54. The summed E-state index contributed by atoms with van der Waals surface area (Å²) in [5.74, 6) is 1.11. The van der Waals surface area contributed by atoms with E-state index in [1.807, 2.05) is 19.1 Å². The van der Waals surface area contributed by atoms with Crippen LogP contribution in [0.4, 0.5) is 21.0 Å². The molecule has 10 nitrogen and oxygen atoms in total. The number of amides is 3. The SMILES string of the molecule is CC[C@@H](CCN(CC)CC)OC(=O)NCc1cccc(NC(=O)Nc2ccc(-c3cnco3)c(OC)c2)c1. The van der Waals surface area contributed by atoms with Crippen LogP contribution in [0.1, 0.15) is 39.2 Å². The molecule has 3 aromatic rings. The van der Waals surface area contributed by atoms with Crippen LogP contribution in [-0.2, 0) is 11.3 Å². The Bertz CT molecular complexity index is 1160. The summed E-state index contributed by atoms with van der Waals surface area (Å²) in [4.78, 5) is 31.2. The predicted octanol–water partition coefficient (Wildman–Crippen LogP) is 5.73. The van der Waals surface area contributed by atoms with Crippen molar-refractivity contribution in [1.29, 1.82) is 0 Å². The molecule has 1 heterocycles. The Morgan fingerprint density at radius 3 is 2.47 bits per heavy atom. The van der Waals surface area contributed by atoms with Crippen LogP contribution in [0.5, 0.6) is 5.75 Å². The molecule has 0 aliphatic carbocycles. The number of carbonyl (C=O) groups excluding carboxylic acids is 2. The number of aromatic nitrogens is 1. The van der Waals surface area contributed by atoms with Crippen LogP contribution in [0.2, 0.25) is 0 Å². The fraction of sp³-hybridized carbons (Fsp3) is 0.393. The summed E-state index contributed by atoms with van der Waals surface area (Å²) in [5.41, 5.74) is 2.69. The minimum absolute atomic E-state index is 0.129. The van der Waals surface area contributed by atoms with Crippen molar-refractivity contribution in [3.8, 4) is 17.1 Å². The maximum absolute atomic E-state index is 12.6. The normalized spacial score (nSPS) is 11.6. The van der Waals surface area contributed by atoms with E-state index in [9.17, 15) is 9.59 Å². The van der Waals surface area contributed by atoms with E-state index in [1.165, 1.54) is 6.39 Å². The van der Waals surface area contributed by atoms with Gasteiger partial charge in [-0.2, -0.15) is 0 Å². The quantitative estimate of drug-likeness (QED) is 0.262. The molecule has 0 saturated heterocycles. The topological polar surface area (TPSA) is 118 Å². The molecule has 0 spiro atoms. The minimum atomic E-state index is -0.449. The highest BCUT2D eigenvalue weighted by Crippen LogP contribution is 2.32. The van der Waals surface area contributed by atoms with Gasteiger partial charge in [0.2, 0.25) is 0 Å². The number of urea groups is 1. The third kappa shape index (κ3) is 8.52. The molecular formula is C28H37N5O5. The second-order valence-electron chi connectivity index (χ2n) is 8.66. The first kappa shape index (κ1) is 28.5. The maximum Gasteiger partial charge on any atom is 0.407 e. The van der Waals surface area contributed by atoms with Crippen LogP contribution in [0.25, 0.3) is 11.3 Å². The van der Waals surface area contributed by atoms with Crippen LogP contribution < -0.4 is 20.7 Å². The molecule has 0 fully saturated rings. The van der Waals surface area contributed by atoms with Crippen molar-refractivity contribution in [2.24, 2.45) is 0 Å². The van der Waals surface area contributed by atoms with E-state index in [0.717, 1.165) is 43.6 Å². The number of carbonyl (C=O) groups is 2. The fourth-order valence-electron chi connectivity index (χ4n) is 3.95. The number of rotatable bonds is 13. The first-order valence-corrected chi connectivity index (χ1v) is 12.9. The van der Waals surface area contributed by atoms with Crippen molar-refractivity contribution in [2.75, 3.05) is 37.4 Å². The second-order valence-corrected chi connectivity index (χ2v) is 8.66. The molecule has 3 N–H and O–H groups in total. The van der Waals surface area contributed by atoms with E-state index in [-0.39, 0.29) is 12.6 Å². The zero-order valence-corrected chi connectivity index (χ0v) is 22.5. The molecule has 3 amide bonds. The van der Waals surface area contributed by atoms with E-state index in [0.29, 0.717) is 22.9 Å². The summed E-state index contributed by atoms with van der Waals surface area (Å²) in [6.07, 6.45) is 3.92. The Hall–Kier alpha value is -4.05.